The van der Waals surface area contributed by atoms with Crippen LogP contribution in [0.5, 0.6) is 0 Å². The molecule has 0 aliphatic heterocycles. The summed E-state index contributed by atoms with van der Waals surface area (Å²) in [5.41, 5.74) is 1.89. The van der Waals surface area contributed by atoms with Crippen LogP contribution in [0.4, 0.5) is 5.69 Å². The van der Waals surface area contributed by atoms with Crippen molar-refractivity contribution < 1.29 is 5.11 Å². The molecule has 3 heteroatoms. The van der Waals surface area contributed by atoms with Gasteiger partial charge in [-0.25, -0.2) is 0 Å². The van der Waals surface area contributed by atoms with E-state index in [2.05, 4.69) is 36.7 Å². The summed E-state index contributed by atoms with van der Waals surface area (Å²) in [4.78, 5) is 6.67. The third kappa shape index (κ3) is 3.70. The highest BCUT2D eigenvalue weighted by Crippen LogP contribution is 2.20. The Kier molecular flexibility index (Phi) is 5.42. The van der Waals surface area contributed by atoms with E-state index in [0.29, 0.717) is 12.5 Å². The molecule has 1 N–H and O–H groups in total. The summed E-state index contributed by atoms with van der Waals surface area (Å²) >= 11 is 0. The zero-order valence-electron chi connectivity index (χ0n) is 11.3. The molecule has 96 valence electrons. The first-order valence-corrected chi connectivity index (χ1v) is 6.50. The zero-order valence-corrected chi connectivity index (χ0v) is 11.3. The largest absolute Gasteiger partial charge is 0.387 e. The molecule has 0 fully saturated rings. The van der Waals surface area contributed by atoms with E-state index in [1.165, 1.54) is 0 Å². The summed E-state index contributed by atoms with van der Waals surface area (Å²) in [6, 6.07) is 4.45. The maximum atomic E-state index is 9.70. The average molecular weight is 236 g/mol. The van der Waals surface area contributed by atoms with Gasteiger partial charge in [-0.3, -0.25) is 4.98 Å². The number of rotatable bonds is 6. The average Bonchev–Trinajstić information content (AvgIpc) is 2.35. The lowest BCUT2D eigenvalue weighted by Crippen LogP contribution is -2.31. The van der Waals surface area contributed by atoms with Gasteiger partial charge in [0, 0.05) is 12.6 Å². The number of aromatic nitrogens is 1. The van der Waals surface area contributed by atoms with Crippen LogP contribution >= 0.6 is 0 Å². The van der Waals surface area contributed by atoms with Crippen molar-refractivity contribution >= 4 is 5.69 Å². The third-order valence-corrected chi connectivity index (χ3v) is 2.92. The predicted octanol–water partition coefficient (Wildman–Crippen LogP) is 3.15. The molecule has 0 saturated carbocycles. The Morgan fingerprint density at radius 3 is 2.41 bits per heavy atom. The smallest absolute Gasteiger partial charge is 0.0957 e. The summed E-state index contributed by atoms with van der Waals surface area (Å²) in [6.45, 7) is 9.54. The molecule has 0 spiro atoms. The SMILES string of the molecule is CCCN(c1ccc([C@@H](O)CC)nc1)C(C)C. The van der Waals surface area contributed by atoms with Crippen LogP contribution in [0.25, 0.3) is 0 Å². The summed E-state index contributed by atoms with van der Waals surface area (Å²) in [6.07, 6.45) is 3.25. The molecular weight excluding hydrogens is 212 g/mol. The van der Waals surface area contributed by atoms with Crippen molar-refractivity contribution in [2.75, 3.05) is 11.4 Å². The van der Waals surface area contributed by atoms with Gasteiger partial charge < -0.3 is 10.0 Å². The lowest BCUT2D eigenvalue weighted by Gasteiger charge is -2.28. The minimum absolute atomic E-state index is 0.442. The normalized spacial score (nSPS) is 12.8. The summed E-state index contributed by atoms with van der Waals surface area (Å²) in [5, 5.41) is 9.70. The van der Waals surface area contributed by atoms with Gasteiger partial charge in [-0.2, -0.15) is 0 Å². The molecule has 0 saturated heterocycles. The molecule has 17 heavy (non-hydrogen) atoms. The van der Waals surface area contributed by atoms with Crippen molar-refractivity contribution in [1.82, 2.24) is 4.98 Å². The highest BCUT2D eigenvalue weighted by molar-refractivity contribution is 5.45. The number of hydrogen-bond acceptors (Lipinski definition) is 3. The predicted molar refractivity (Wildman–Crippen MR) is 72.3 cm³/mol. The molecule has 0 bridgehead atoms. The van der Waals surface area contributed by atoms with Crippen LogP contribution in [-0.4, -0.2) is 22.7 Å². The van der Waals surface area contributed by atoms with E-state index in [9.17, 15) is 5.11 Å². The fraction of sp³-hybridized carbons (Fsp3) is 0.643. The van der Waals surface area contributed by atoms with E-state index < -0.39 is 6.10 Å². The topological polar surface area (TPSA) is 36.4 Å². The fourth-order valence-corrected chi connectivity index (χ4v) is 1.90. The van der Waals surface area contributed by atoms with Gasteiger partial charge >= 0.3 is 0 Å². The van der Waals surface area contributed by atoms with Gasteiger partial charge in [0.1, 0.15) is 0 Å². The van der Waals surface area contributed by atoms with Gasteiger partial charge in [0.25, 0.3) is 0 Å². The Labute approximate surface area is 104 Å². The molecule has 0 aliphatic rings. The van der Waals surface area contributed by atoms with E-state index >= 15 is 0 Å². The van der Waals surface area contributed by atoms with Gasteiger partial charge in [0.15, 0.2) is 0 Å². The van der Waals surface area contributed by atoms with Crippen LogP contribution in [0.1, 0.15) is 52.3 Å². The molecule has 1 rings (SSSR count). The van der Waals surface area contributed by atoms with Crippen LogP contribution in [0.3, 0.4) is 0 Å². The second-order valence-corrected chi connectivity index (χ2v) is 4.65. The fourth-order valence-electron chi connectivity index (χ4n) is 1.90. The van der Waals surface area contributed by atoms with Crippen molar-refractivity contribution in [3.63, 3.8) is 0 Å². The second-order valence-electron chi connectivity index (χ2n) is 4.65. The Bertz CT molecular complexity index is 321. The van der Waals surface area contributed by atoms with E-state index in [4.69, 9.17) is 0 Å². The molecule has 0 radical (unpaired) electrons. The molecule has 1 heterocycles. The Balaban J connectivity index is 2.84. The Morgan fingerprint density at radius 2 is 2.00 bits per heavy atom. The number of hydrogen-bond donors (Lipinski definition) is 1. The van der Waals surface area contributed by atoms with Crippen LogP contribution in [0.15, 0.2) is 18.3 Å². The van der Waals surface area contributed by atoms with Gasteiger partial charge in [-0.05, 0) is 38.8 Å². The summed E-state index contributed by atoms with van der Waals surface area (Å²) < 4.78 is 0. The van der Waals surface area contributed by atoms with Crippen LogP contribution in [0, 0.1) is 0 Å². The molecular formula is C14H24N2O. The number of nitrogens with zero attached hydrogens (tertiary/aromatic N) is 2. The Morgan fingerprint density at radius 1 is 1.29 bits per heavy atom. The molecule has 1 aromatic rings. The van der Waals surface area contributed by atoms with Crippen LogP contribution in [-0.2, 0) is 0 Å². The first kappa shape index (κ1) is 14.0. The minimum Gasteiger partial charge on any atom is -0.387 e. The summed E-state index contributed by atoms with van der Waals surface area (Å²) in [7, 11) is 0. The van der Waals surface area contributed by atoms with E-state index in [-0.39, 0.29) is 0 Å². The number of aliphatic hydroxyl groups is 1. The highest BCUT2D eigenvalue weighted by Gasteiger charge is 2.11. The van der Waals surface area contributed by atoms with E-state index in [1.54, 1.807) is 0 Å². The van der Waals surface area contributed by atoms with Crippen molar-refractivity contribution in [3.05, 3.63) is 24.0 Å². The number of pyridine rings is 1. The monoisotopic (exact) mass is 236 g/mol. The van der Waals surface area contributed by atoms with Crippen molar-refractivity contribution in [3.8, 4) is 0 Å². The van der Waals surface area contributed by atoms with E-state index in [0.717, 1.165) is 24.3 Å². The second kappa shape index (κ2) is 6.60. The maximum absolute atomic E-state index is 9.70. The molecule has 0 amide bonds. The molecule has 1 aromatic heterocycles. The Hall–Kier alpha value is -1.09. The van der Waals surface area contributed by atoms with E-state index in [1.807, 2.05) is 19.2 Å². The first-order chi connectivity index (χ1) is 8.10. The quantitative estimate of drug-likeness (QED) is 0.824. The maximum Gasteiger partial charge on any atom is 0.0957 e. The lowest BCUT2D eigenvalue weighted by molar-refractivity contribution is 0.169. The van der Waals surface area contributed by atoms with Gasteiger partial charge in [-0.15, -0.1) is 0 Å². The molecule has 0 unspecified atom stereocenters. The third-order valence-electron chi connectivity index (χ3n) is 2.92. The van der Waals surface area contributed by atoms with Gasteiger partial charge in [0.2, 0.25) is 0 Å². The van der Waals surface area contributed by atoms with Crippen LogP contribution < -0.4 is 4.90 Å². The van der Waals surface area contributed by atoms with Crippen molar-refractivity contribution in [1.29, 1.82) is 0 Å². The minimum atomic E-state index is -0.442. The standard InChI is InChI=1S/C14H24N2O/c1-5-9-16(11(3)4)12-7-8-13(15-10-12)14(17)6-2/h7-8,10-11,14,17H,5-6,9H2,1-4H3/t14-/m0/s1. The van der Waals surface area contributed by atoms with Crippen molar-refractivity contribution in [2.45, 2.75) is 52.7 Å². The zero-order chi connectivity index (χ0) is 12.8. The van der Waals surface area contributed by atoms with Gasteiger partial charge in [-0.1, -0.05) is 13.8 Å². The first-order valence-electron chi connectivity index (χ1n) is 6.50. The summed E-state index contributed by atoms with van der Waals surface area (Å²) in [5.74, 6) is 0. The molecule has 0 aliphatic carbocycles. The van der Waals surface area contributed by atoms with Crippen molar-refractivity contribution in [2.24, 2.45) is 0 Å². The molecule has 3 nitrogen and oxygen atoms in total. The highest BCUT2D eigenvalue weighted by atomic mass is 16.3. The van der Waals surface area contributed by atoms with Gasteiger partial charge in [0.05, 0.1) is 23.7 Å². The molecule has 1 atom stereocenters. The lowest BCUT2D eigenvalue weighted by atomic mass is 10.1. The van der Waals surface area contributed by atoms with Crippen LogP contribution in [0.2, 0.25) is 0 Å². The number of anilines is 1. The molecule has 0 aromatic carbocycles. The number of aliphatic hydroxyl groups excluding tert-OH is 1.